The molecule has 0 bridgehead atoms. The van der Waals surface area contributed by atoms with Crippen LogP contribution in [0.25, 0.3) is 0 Å². The highest BCUT2D eigenvalue weighted by molar-refractivity contribution is 5.76. The lowest BCUT2D eigenvalue weighted by Crippen LogP contribution is -2.43. The second-order valence-electron chi connectivity index (χ2n) is 4.60. The number of carbonyl (C=O) groups is 1. The van der Waals surface area contributed by atoms with Crippen LogP contribution in [0.15, 0.2) is 0 Å². The molecule has 1 atom stereocenters. The number of amides is 1. The highest BCUT2D eigenvalue weighted by atomic mass is 16.2. The largest absolute Gasteiger partial charge is 0.340 e. The Labute approximate surface area is 94.0 Å². The van der Waals surface area contributed by atoms with E-state index in [-0.39, 0.29) is 0 Å². The van der Waals surface area contributed by atoms with Crippen molar-refractivity contribution < 1.29 is 4.79 Å². The zero-order valence-electron chi connectivity index (χ0n) is 10.3. The lowest BCUT2D eigenvalue weighted by molar-refractivity contribution is -0.135. The third-order valence-corrected chi connectivity index (χ3v) is 3.41. The molecule has 1 fully saturated rings. The van der Waals surface area contributed by atoms with Crippen LogP contribution < -0.4 is 0 Å². The summed E-state index contributed by atoms with van der Waals surface area (Å²) in [6.07, 6.45) is 9.08. The number of carbonyl (C=O) groups excluding carboxylic acids is 1. The molecule has 0 N–H and O–H groups in total. The highest BCUT2D eigenvalue weighted by Crippen LogP contribution is 2.20. The minimum atomic E-state index is 0.398. The first-order valence-electron chi connectivity index (χ1n) is 6.59. The lowest BCUT2D eigenvalue weighted by Gasteiger charge is -2.35. The third kappa shape index (κ3) is 3.84. The topological polar surface area (TPSA) is 20.3 Å². The standard InChI is InChI=1S/C13H25NO/c1-3-5-6-10-13(15)14-11-8-7-9-12(14)4-2/h12H,3-11H2,1-2H3/t12-/m0/s1. The molecular formula is C13H25NO. The van der Waals surface area contributed by atoms with Crippen LogP contribution in [0, 0.1) is 0 Å². The van der Waals surface area contributed by atoms with Crippen LogP contribution in [0.5, 0.6) is 0 Å². The highest BCUT2D eigenvalue weighted by Gasteiger charge is 2.24. The number of hydrogen-bond donors (Lipinski definition) is 0. The van der Waals surface area contributed by atoms with Gasteiger partial charge in [-0.1, -0.05) is 26.7 Å². The maximum atomic E-state index is 12.0. The molecule has 0 aromatic rings. The monoisotopic (exact) mass is 211 g/mol. The van der Waals surface area contributed by atoms with Gasteiger partial charge < -0.3 is 4.90 Å². The molecule has 88 valence electrons. The van der Waals surface area contributed by atoms with Gasteiger partial charge in [-0.25, -0.2) is 0 Å². The van der Waals surface area contributed by atoms with Crippen molar-refractivity contribution in [2.24, 2.45) is 0 Å². The van der Waals surface area contributed by atoms with Crippen molar-refractivity contribution >= 4 is 5.91 Å². The Bertz CT molecular complexity index is 191. The molecule has 0 aromatic heterocycles. The van der Waals surface area contributed by atoms with E-state index in [1.165, 1.54) is 32.1 Å². The Hall–Kier alpha value is -0.530. The summed E-state index contributed by atoms with van der Waals surface area (Å²) in [7, 11) is 0. The minimum absolute atomic E-state index is 0.398. The fraction of sp³-hybridized carbons (Fsp3) is 0.923. The second kappa shape index (κ2) is 6.86. The molecule has 0 aromatic carbocycles. The molecule has 0 spiro atoms. The number of rotatable bonds is 5. The van der Waals surface area contributed by atoms with E-state index >= 15 is 0 Å². The van der Waals surface area contributed by atoms with Gasteiger partial charge in [0, 0.05) is 19.0 Å². The maximum Gasteiger partial charge on any atom is 0.222 e. The Morgan fingerprint density at radius 3 is 2.73 bits per heavy atom. The van der Waals surface area contributed by atoms with Crippen LogP contribution in [0.4, 0.5) is 0 Å². The van der Waals surface area contributed by atoms with Crippen molar-refractivity contribution in [3.63, 3.8) is 0 Å². The molecule has 1 aliphatic rings. The van der Waals surface area contributed by atoms with Gasteiger partial charge in [-0.05, 0) is 32.1 Å². The molecule has 1 rings (SSSR count). The number of likely N-dealkylation sites (tertiary alicyclic amines) is 1. The van der Waals surface area contributed by atoms with Gasteiger partial charge in [-0.3, -0.25) is 4.79 Å². The van der Waals surface area contributed by atoms with Crippen LogP contribution in [0.2, 0.25) is 0 Å². The van der Waals surface area contributed by atoms with E-state index in [1.807, 2.05) is 0 Å². The van der Waals surface area contributed by atoms with E-state index in [2.05, 4.69) is 18.7 Å². The molecule has 2 nitrogen and oxygen atoms in total. The zero-order valence-corrected chi connectivity index (χ0v) is 10.3. The summed E-state index contributed by atoms with van der Waals surface area (Å²) in [5.74, 6) is 0.398. The van der Waals surface area contributed by atoms with Crippen molar-refractivity contribution in [2.75, 3.05) is 6.54 Å². The molecule has 0 unspecified atom stereocenters. The maximum absolute atomic E-state index is 12.0. The van der Waals surface area contributed by atoms with Crippen LogP contribution in [0.3, 0.4) is 0 Å². The molecule has 15 heavy (non-hydrogen) atoms. The van der Waals surface area contributed by atoms with E-state index in [9.17, 15) is 4.79 Å². The van der Waals surface area contributed by atoms with Gasteiger partial charge in [0.15, 0.2) is 0 Å². The Morgan fingerprint density at radius 1 is 1.27 bits per heavy atom. The van der Waals surface area contributed by atoms with E-state index in [4.69, 9.17) is 0 Å². The third-order valence-electron chi connectivity index (χ3n) is 3.41. The average Bonchev–Trinajstić information content (AvgIpc) is 2.29. The van der Waals surface area contributed by atoms with Gasteiger partial charge >= 0.3 is 0 Å². The van der Waals surface area contributed by atoms with Gasteiger partial charge in [0.25, 0.3) is 0 Å². The number of piperidine rings is 1. The first kappa shape index (κ1) is 12.5. The molecule has 2 heteroatoms. The van der Waals surface area contributed by atoms with Crippen LogP contribution >= 0.6 is 0 Å². The van der Waals surface area contributed by atoms with E-state index < -0.39 is 0 Å². The molecule has 1 aliphatic heterocycles. The van der Waals surface area contributed by atoms with Crippen molar-refractivity contribution in [3.8, 4) is 0 Å². The summed E-state index contributed by atoms with van der Waals surface area (Å²) < 4.78 is 0. The van der Waals surface area contributed by atoms with Gasteiger partial charge in [0.1, 0.15) is 0 Å². The lowest BCUT2D eigenvalue weighted by atomic mass is 9.99. The van der Waals surface area contributed by atoms with Crippen LogP contribution in [0.1, 0.15) is 65.2 Å². The van der Waals surface area contributed by atoms with Gasteiger partial charge in [-0.2, -0.15) is 0 Å². The number of nitrogens with zero attached hydrogens (tertiary/aromatic N) is 1. The summed E-state index contributed by atoms with van der Waals surface area (Å²) in [6.45, 7) is 5.38. The van der Waals surface area contributed by atoms with Crippen molar-refractivity contribution in [1.82, 2.24) is 4.90 Å². The minimum Gasteiger partial charge on any atom is -0.340 e. The summed E-state index contributed by atoms with van der Waals surface area (Å²) in [6, 6.07) is 0.535. The fourth-order valence-electron chi connectivity index (χ4n) is 2.42. The van der Waals surface area contributed by atoms with Gasteiger partial charge in [-0.15, -0.1) is 0 Å². The first-order chi connectivity index (χ1) is 7.29. The Kier molecular flexibility index (Phi) is 5.74. The zero-order chi connectivity index (χ0) is 11.1. The Morgan fingerprint density at radius 2 is 2.07 bits per heavy atom. The average molecular weight is 211 g/mol. The smallest absolute Gasteiger partial charge is 0.222 e. The molecule has 1 heterocycles. The van der Waals surface area contributed by atoms with E-state index in [0.717, 1.165) is 25.8 Å². The summed E-state index contributed by atoms with van der Waals surface area (Å²) >= 11 is 0. The molecule has 1 saturated heterocycles. The van der Waals surface area contributed by atoms with Crippen LogP contribution in [-0.2, 0) is 4.79 Å². The van der Waals surface area contributed by atoms with Crippen molar-refractivity contribution in [3.05, 3.63) is 0 Å². The molecule has 1 amide bonds. The first-order valence-corrected chi connectivity index (χ1v) is 6.59. The number of hydrogen-bond acceptors (Lipinski definition) is 1. The van der Waals surface area contributed by atoms with E-state index in [0.29, 0.717) is 11.9 Å². The Balaban J connectivity index is 2.34. The molecular weight excluding hydrogens is 186 g/mol. The van der Waals surface area contributed by atoms with E-state index in [1.54, 1.807) is 0 Å². The fourth-order valence-corrected chi connectivity index (χ4v) is 2.42. The van der Waals surface area contributed by atoms with Crippen molar-refractivity contribution in [2.45, 2.75) is 71.3 Å². The predicted molar refractivity (Wildman–Crippen MR) is 63.8 cm³/mol. The normalized spacial score (nSPS) is 21.7. The number of unbranched alkanes of at least 4 members (excludes halogenated alkanes) is 2. The summed E-state index contributed by atoms with van der Waals surface area (Å²) in [5, 5.41) is 0. The van der Waals surface area contributed by atoms with Crippen LogP contribution in [-0.4, -0.2) is 23.4 Å². The van der Waals surface area contributed by atoms with Crippen molar-refractivity contribution in [1.29, 1.82) is 0 Å². The molecule has 0 aliphatic carbocycles. The SMILES string of the molecule is CCCCCC(=O)N1CCCC[C@@H]1CC. The summed E-state index contributed by atoms with van der Waals surface area (Å²) in [4.78, 5) is 14.1. The van der Waals surface area contributed by atoms with Gasteiger partial charge in [0.05, 0.1) is 0 Å². The molecule has 0 radical (unpaired) electrons. The van der Waals surface area contributed by atoms with Gasteiger partial charge in [0.2, 0.25) is 5.91 Å². The molecule has 0 saturated carbocycles. The predicted octanol–water partition coefficient (Wildman–Crippen LogP) is 3.36. The quantitative estimate of drug-likeness (QED) is 0.639. The second-order valence-corrected chi connectivity index (χ2v) is 4.60. The summed E-state index contributed by atoms with van der Waals surface area (Å²) in [5.41, 5.74) is 0.